The van der Waals surface area contributed by atoms with Gasteiger partial charge in [0.15, 0.2) is 16.7 Å². The van der Waals surface area contributed by atoms with E-state index in [2.05, 4.69) is 15.6 Å². The number of halogens is 2. The molecule has 0 saturated carbocycles. The standard InChI is InChI=1S/C23H20F2N4O2S/c24-19-8-5-16(13-20(19)25)28-23(32)27-15-3-6-17(7-4-15)31-18-9-10-26-21(14-18)22(30)29-11-1-2-12-29/h3-10,13-14H,1-2,11-12H2,(H2,27,28,32). The summed E-state index contributed by atoms with van der Waals surface area (Å²) in [6.45, 7) is 1.51. The molecule has 1 aliphatic rings. The zero-order valence-electron chi connectivity index (χ0n) is 17.0. The van der Waals surface area contributed by atoms with Gasteiger partial charge in [-0.3, -0.25) is 9.78 Å². The van der Waals surface area contributed by atoms with Crippen molar-refractivity contribution in [1.29, 1.82) is 0 Å². The van der Waals surface area contributed by atoms with Crippen LogP contribution in [0, 0.1) is 11.6 Å². The molecule has 2 aromatic carbocycles. The smallest absolute Gasteiger partial charge is 0.272 e. The summed E-state index contributed by atoms with van der Waals surface area (Å²) in [5.74, 6) is -0.887. The molecule has 32 heavy (non-hydrogen) atoms. The van der Waals surface area contributed by atoms with Gasteiger partial charge in [-0.15, -0.1) is 0 Å². The summed E-state index contributed by atoms with van der Waals surface area (Å²) in [5.41, 5.74) is 1.37. The fourth-order valence-electron chi connectivity index (χ4n) is 3.28. The van der Waals surface area contributed by atoms with Gasteiger partial charge in [-0.25, -0.2) is 8.78 Å². The molecule has 3 aromatic rings. The van der Waals surface area contributed by atoms with Crippen LogP contribution in [-0.4, -0.2) is 34.0 Å². The largest absolute Gasteiger partial charge is 0.457 e. The Hall–Kier alpha value is -3.59. The number of carbonyl (C=O) groups is 1. The third-order valence-corrected chi connectivity index (χ3v) is 5.07. The lowest BCUT2D eigenvalue weighted by Crippen LogP contribution is -2.28. The molecule has 4 rings (SSSR count). The van der Waals surface area contributed by atoms with E-state index < -0.39 is 11.6 Å². The van der Waals surface area contributed by atoms with Gasteiger partial charge in [0.2, 0.25) is 0 Å². The minimum atomic E-state index is -0.958. The molecule has 1 aromatic heterocycles. The maximum atomic E-state index is 13.3. The number of pyridine rings is 1. The molecule has 2 heterocycles. The first-order valence-electron chi connectivity index (χ1n) is 10.0. The average Bonchev–Trinajstić information content (AvgIpc) is 3.32. The molecule has 2 N–H and O–H groups in total. The van der Waals surface area contributed by atoms with Crippen molar-refractivity contribution in [3.05, 3.63) is 78.1 Å². The summed E-state index contributed by atoms with van der Waals surface area (Å²) in [7, 11) is 0. The number of ether oxygens (including phenoxy) is 1. The van der Waals surface area contributed by atoms with Crippen LogP contribution in [0.15, 0.2) is 60.8 Å². The Kier molecular flexibility index (Phi) is 6.55. The second-order valence-electron chi connectivity index (χ2n) is 7.21. The average molecular weight is 455 g/mol. The van der Waals surface area contributed by atoms with Gasteiger partial charge in [-0.05, 0) is 67.5 Å². The van der Waals surface area contributed by atoms with Crippen LogP contribution >= 0.6 is 12.2 Å². The molecule has 0 atom stereocenters. The van der Waals surface area contributed by atoms with Crippen molar-refractivity contribution in [3.8, 4) is 11.5 Å². The lowest BCUT2D eigenvalue weighted by molar-refractivity contribution is 0.0786. The van der Waals surface area contributed by atoms with Crippen molar-refractivity contribution in [2.24, 2.45) is 0 Å². The van der Waals surface area contributed by atoms with E-state index in [-0.39, 0.29) is 11.0 Å². The van der Waals surface area contributed by atoms with Crippen LogP contribution < -0.4 is 15.4 Å². The summed E-state index contributed by atoms with van der Waals surface area (Å²) in [6, 6.07) is 13.8. The Morgan fingerprint density at radius 1 is 0.906 bits per heavy atom. The maximum Gasteiger partial charge on any atom is 0.272 e. The number of nitrogens with one attached hydrogen (secondary N) is 2. The summed E-state index contributed by atoms with van der Waals surface area (Å²) >= 11 is 5.20. The quantitative estimate of drug-likeness (QED) is 0.517. The van der Waals surface area contributed by atoms with Gasteiger partial charge in [0.05, 0.1) is 0 Å². The number of likely N-dealkylation sites (tertiary alicyclic amines) is 1. The van der Waals surface area contributed by atoms with Crippen LogP contribution in [0.5, 0.6) is 11.5 Å². The number of nitrogens with zero attached hydrogens (tertiary/aromatic N) is 2. The fraction of sp³-hybridized carbons (Fsp3) is 0.174. The van der Waals surface area contributed by atoms with Crippen LogP contribution in [-0.2, 0) is 0 Å². The molecule has 1 saturated heterocycles. The number of thiocarbonyl (C=S) groups is 1. The molecule has 0 spiro atoms. The fourth-order valence-corrected chi connectivity index (χ4v) is 3.52. The SMILES string of the molecule is O=C(c1cc(Oc2ccc(NC(=S)Nc3ccc(F)c(F)c3)cc2)ccn1)N1CCCC1. The summed E-state index contributed by atoms with van der Waals surface area (Å²) in [5, 5.41) is 5.98. The highest BCUT2D eigenvalue weighted by Gasteiger charge is 2.20. The van der Waals surface area contributed by atoms with E-state index in [9.17, 15) is 13.6 Å². The Morgan fingerprint density at radius 3 is 2.31 bits per heavy atom. The third-order valence-electron chi connectivity index (χ3n) is 4.87. The first kappa shape index (κ1) is 21.6. The molecule has 1 aliphatic heterocycles. The molecule has 0 bridgehead atoms. The Balaban J connectivity index is 1.35. The van der Waals surface area contributed by atoms with Gasteiger partial charge in [0, 0.05) is 42.8 Å². The van der Waals surface area contributed by atoms with Crippen molar-refractivity contribution in [2.75, 3.05) is 23.7 Å². The highest BCUT2D eigenvalue weighted by atomic mass is 32.1. The number of hydrogen-bond donors (Lipinski definition) is 2. The highest BCUT2D eigenvalue weighted by molar-refractivity contribution is 7.80. The number of rotatable bonds is 5. The summed E-state index contributed by atoms with van der Waals surface area (Å²) in [4.78, 5) is 18.5. The topological polar surface area (TPSA) is 66.5 Å². The maximum absolute atomic E-state index is 13.3. The van der Waals surface area contributed by atoms with Crippen molar-refractivity contribution >= 4 is 34.6 Å². The first-order chi connectivity index (χ1) is 15.5. The lowest BCUT2D eigenvalue weighted by atomic mass is 10.3. The number of anilines is 2. The van der Waals surface area contributed by atoms with Crippen LogP contribution in [0.3, 0.4) is 0 Å². The predicted molar refractivity (Wildman–Crippen MR) is 122 cm³/mol. The predicted octanol–water partition coefficient (Wildman–Crippen LogP) is 5.20. The van der Waals surface area contributed by atoms with Crippen LogP contribution in [0.2, 0.25) is 0 Å². The van der Waals surface area contributed by atoms with Gasteiger partial charge in [0.1, 0.15) is 17.2 Å². The minimum Gasteiger partial charge on any atom is -0.457 e. The number of hydrogen-bond acceptors (Lipinski definition) is 4. The normalized spacial score (nSPS) is 13.0. The van der Waals surface area contributed by atoms with Gasteiger partial charge < -0.3 is 20.3 Å². The third kappa shape index (κ3) is 5.36. The Labute approximate surface area is 189 Å². The van der Waals surface area contributed by atoms with E-state index in [4.69, 9.17) is 17.0 Å². The Morgan fingerprint density at radius 2 is 1.59 bits per heavy atom. The molecular formula is C23H20F2N4O2S. The van der Waals surface area contributed by atoms with Gasteiger partial charge >= 0.3 is 0 Å². The van der Waals surface area contributed by atoms with Crippen LogP contribution in [0.25, 0.3) is 0 Å². The van der Waals surface area contributed by atoms with E-state index in [1.54, 1.807) is 47.5 Å². The second kappa shape index (κ2) is 9.69. The van der Waals surface area contributed by atoms with E-state index in [1.807, 2.05) is 0 Å². The molecule has 9 heteroatoms. The summed E-state index contributed by atoms with van der Waals surface area (Å²) < 4.78 is 32.2. The molecule has 1 fully saturated rings. The Bertz CT molecular complexity index is 1140. The van der Waals surface area contributed by atoms with E-state index in [1.165, 1.54) is 6.07 Å². The molecule has 0 unspecified atom stereocenters. The van der Waals surface area contributed by atoms with Crippen molar-refractivity contribution in [2.45, 2.75) is 12.8 Å². The van der Waals surface area contributed by atoms with Crippen molar-refractivity contribution in [1.82, 2.24) is 9.88 Å². The van der Waals surface area contributed by atoms with E-state index in [0.717, 1.165) is 38.1 Å². The molecule has 1 amide bonds. The molecule has 164 valence electrons. The van der Waals surface area contributed by atoms with Gasteiger partial charge in [0.25, 0.3) is 5.91 Å². The molecular weight excluding hydrogens is 434 g/mol. The zero-order valence-corrected chi connectivity index (χ0v) is 17.8. The number of benzene rings is 2. The molecule has 0 aliphatic carbocycles. The van der Waals surface area contributed by atoms with E-state index in [0.29, 0.717) is 28.6 Å². The van der Waals surface area contributed by atoms with Crippen LogP contribution in [0.4, 0.5) is 20.2 Å². The first-order valence-corrected chi connectivity index (χ1v) is 10.4. The van der Waals surface area contributed by atoms with Crippen molar-refractivity contribution < 1.29 is 18.3 Å². The van der Waals surface area contributed by atoms with Crippen molar-refractivity contribution in [3.63, 3.8) is 0 Å². The number of aromatic nitrogens is 1. The van der Waals surface area contributed by atoms with Gasteiger partial charge in [-0.2, -0.15) is 0 Å². The molecule has 6 nitrogen and oxygen atoms in total. The number of carbonyl (C=O) groups excluding carboxylic acids is 1. The lowest BCUT2D eigenvalue weighted by Gasteiger charge is -2.15. The second-order valence-corrected chi connectivity index (χ2v) is 7.62. The highest BCUT2D eigenvalue weighted by Crippen LogP contribution is 2.24. The molecule has 0 radical (unpaired) electrons. The van der Waals surface area contributed by atoms with E-state index >= 15 is 0 Å². The monoisotopic (exact) mass is 454 g/mol. The minimum absolute atomic E-state index is 0.0884. The van der Waals surface area contributed by atoms with Gasteiger partial charge in [-0.1, -0.05) is 0 Å². The van der Waals surface area contributed by atoms with Crippen LogP contribution in [0.1, 0.15) is 23.3 Å². The number of amides is 1. The zero-order chi connectivity index (χ0) is 22.5. The summed E-state index contributed by atoms with van der Waals surface area (Å²) in [6.07, 6.45) is 3.58.